The molecule has 2 atom stereocenters. The summed E-state index contributed by atoms with van der Waals surface area (Å²) in [6, 6.07) is 3.35. The Hall–Kier alpha value is -1.54. The summed E-state index contributed by atoms with van der Waals surface area (Å²) in [6.07, 6.45) is 2.40. The molecule has 1 heterocycles. The van der Waals surface area contributed by atoms with Gasteiger partial charge >= 0.3 is 0 Å². The van der Waals surface area contributed by atoms with E-state index in [1.807, 2.05) is 13.8 Å². The number of aliphatic imine (C=N–C) groups is 1. The number of hydrogen-bond acceptors (Lipinski definition) is 5. The van der Waals surface area contributed by atoms with E-state index in [0.29, 0.717) is 24.7 Å². The van der Waals surface area contributed by atoms with E-state index >= 15 is 0 Å². The maximum absolute atomic E-state index is 11.2. The van der Waals surface area contributed by atoms with Crippen molar-refractivity contribution in [1.82, 2.24) is 10.6 Å². The van der Waals surface area contributed by atoms with Crippen molar-refractivity contribution in [2.75, 3.05) is 25.1 Å². The fourth-order valence-electron chi connectivity index (χ4n) is 1.77. The van der Waals surface area contributed by atoms with Gasteiger partial charge in [0.15, 0.2) is 5.96 Å². The summed E-state index contributed by atoms with van der Waals surface area (Å²) in [5, 5.41) is 16.1. The molecule has 1 aromatic heterocycles. The van der Waals surface area contributed by atoms with Crippen LogP contribution in [-0.2, 0) is 9.84 Å². The number of aliphatic hydroxyl groups excluding tert-OH is 1. The summed E-state index contributed by atoms with van der Waals surface area (Å²) in [6.45, 7) is 4.64. The van der Waals surface area contributed by atoms with Crippen LogP contribution in [0.3, 0.4) is 0 Å². The number of nitrogens with one attached hydrogen (secondary N) is 2. The molecule has 0 aromatic carbocycles. The molecule has 0 aliphatic carbocycles. The molecule has 0 spiro atoms. The molecule has 0 amide bonds. The number of rotatable bonds is 8. The van der Waals surface area contributed by atoms with E-state index < -0.39 is 15.9 Å². The third-order valence-electron chi connectivity index (χ3n) is 2.94. The lowest BCUT2D eigenvalue weighted by Crippen LogP contribution is -2.43. The van der Waals surface area contributed by atoms with E-state index in [1.54, 1.807) is 12.1 Å². The van der Waals surface area contributed by atoms with Crippen molar-refractivity contribution in [3.63, 3.8) is 0 Å². The molecular weight excluding hydrogens is 306 g/mol. The molecule has 7 nitrogen and oxygen atoms in total. The number of furan rings is 1. The molecule has 0 bridgehead atoms. The summed E-state index contributed by atoms with van der Waals surface area (Å²) in [4.78, 5) is 4.29. The zero-order valence-corrected chi connectivity index (χ0v) is 14.1. The highest BCUT2D eigenvalue weighted by Crippen LogP contribution is 2.12. The first-order valence-corrected chi connectivity index (χ1v) is 9.32. The first-order chi connectivity index (χ1) is 10.3. The Balaban J connectivity index is 2.54. The van der Waals surface area contributed by atoms with Gasteiger partial charge in [-0.15, -0.1) is 0 Å². The number of aliphatic hydroxyl groups is 1. The van der Waals surface area contributed by atoms with Gasteiger partial charge in [0.1, 0.15) is 21.7 Å². The van der Waals surface area contributed by atoms with Gasteiger partial charge in [-0.1, -0.05) is 0 Å². The van der Waals surface area contributed by atoms with Crippen LogP contribution in [0, 0.1) is 0 Å². The van der Waals surface area contributed by atoms with E-state index in [4.69, 9.17) is 4.42 Å². The van der Waals surface area contributed by atoms with Gasteiger partial charge in [-0.2, -0.15) is 0 Å². The molecule has 126 valence electrons. The molecule has 8 heteroatoms. The number of hydrogen-bond donors (Lipinski definition) is 3. The summed E-state index contributed by atoms with van der Waals surface area (Å²) >= 11 is 0. The first-order valence-electron chi connectivity index (χ1n) is 7.26. The Kier molecular flexibility index (Phi) is 7.40. The van der Waals surface area contributed by atoms with E-state index in [-0.39, 0.29) is 18.3 Å². The van der Waals surface area contributed by atoms with Gasteiger partial charge in [-0.05, 0) is 32.4 Å². The van der Waals surface area contributed by atoms with Crippen LogP contribution in [0.25, 0.3) is 0 Å². The fraction of sp³-hybridized carbons (Fsp3) is 0.643. The van der Waals surface area contributed by atoms with Gasteiger partial charge in [0, 0.05) is 18.8 Å². The van der Waals surface area contributed by atoms with Gasteiger partial charge < -0.3 is 20.2 Å². The van der Waals surface area contributed by atoms with Crippen molar-refractivity contribution < 1.29 is 17.9 Å². The predicted molar refractivity (Wildman–Crippen MR) is 86.6 cm³/mol. The second kappa shape index (κ2) is 8.79. The van der Waals surface area contributed by atoms with Crippen molar-refractivity contribution >= 4 is 15.8 Å². The molecule has 3 N–H and O–H groups in total. The van der Waals surface area contributed by atoms with Crippen molar-refractivity contribution in [2.45, 2.75) is 32.4 Å². The molecule has 22 heavy (non-hydrogen) atoms. The Labute approximate surface area is 131 Å². The SMILES string of the molecule is CCNC(=NCC(O)c1ccco1)NC(C)CCS(C)(=O)=O. The average molecular weight is 331 g/mol. The topological polar surface area (TPSA) is 104 Å². The van der Waals surface area contributed by atoms with Crippen molar-refractivity contribution in [1.29, 1.82) is 0 Å². The quantitative estimate of drug-likeness (QED) is 0.478. The number of sulfone groups is 1. The third-order valence-corrected chi connectivity index (χ3v) is 3.92. The Morgan fingerprint density at radius 3 is 2.77 bits per heavy atom. The zero-order chi connectivity index (χ0) is 16.6. The zero-order valence-electron chi connectivity index (χ0n) is 13.2. The van der Waals surface area contributed by atoms with Gasteiger partial charge in [0.2, 0.25) is 0 Å². The lowest BCUT2D eigenvalue weighted by molar-refractivity contribution is 0.158. The Morgan fingerprint density at radius 2 is 2.23 bits per heavy atom. The number of nitrogens with zero attached hydrogens (tertiary/aromatic N) is 1. The lowest BCUT2D eigenvalue weighted by Gasteiger charge is -2.18. The molecule has 0 saturated heterocycles. The summed E-state index contributed by atoms with van der Waals surface area (Å²) in [7, 11) is -2.98. The van der Waals surface area contributed by atoms with Gasteiger partial charge in [-0.25, -0.2) is 8.42 Å². The first kappa shape index (κ1) is 18.5. The standard InChI is InChI=1S/C14H25N3O4S/c1-4-15-14(17-11(2)7-9-22(3,19)20)16-10-12(18)13-6-5-8-21-13/h5-6,8,11-12,18H,4,7,9-10H2,1-3H3,(H2,15,16,17). The van der Waals surface area contributed by atoms with E-state index in [1.165, 1.54) is 12.5 Å². The smallest absolute Gasteiger partial charge is 0.191 e. The summed E-state index contributed by atoms with van der Waals surface area (Å²) in [5.74, 6) is 1.12. The molecule has 0 saturated carbocycles. The lowest BCUT2D eigenvalue weighted by atomic mass is 10.2. The Morgan fingerprint density at radius 1 is 1.50 bits per heavy atom. The fourth-order valence-corrected chi connectivity index (χ4v) is 2.55. The van der Waals surface area contributed by atoms with Crippen LogP contribution in [0.15, 0.2) is 27.8 Å². The minimum Gasteiger partial charge on any atom is -0.467 e. The molecule has 0 radical (unpaired) electrons. The van der Waals surface area contributed by atoms with Crippen LogP contribution >= 0.6 is 0 Å². The van der Waals surface area contributed by atoms with E-state index in [9.17, 15) is 13.5 Å². The normalized spacial score (nSPS) is 15.4. The highest BCUT2D eigenvalue weighted by Gasteiger charge is 2.12. The average Bonchev–Trinajstić information content (AvgIpc) is 2.96. The van der Waals surface area contributed by atoms with Crippen LogP contribution in [-0.4, -0.2) is 50.6 Å². The van der Waals surface area contributed by atoms with Crippen molar-refractivity contribution in [3.05, 3.63) is 24.2 Å². The second-order valence-electron chi connectivity index (χ2n) is 5.21. The minimum absolute atomic E-state index is 0.0479. The van der Waals surface area contributed by atoms with E-state index in [0.717, 1.165) is 0 Å². The predicted octanol–water partition coefficient (Wildman–Crippen LogP) is 0.691. The van der Waals surface area contributed by atoms with Crippen molar-refractivity contribution in [2.24, 2.45) is 4.99 Å². The highest BCUT2D eigenvalue weighted by molar-refractivity contribution is 7.90. The minimum atomic E-state index is -2.98. The van der Waals surface area contributed by atoms with Crippen molar-refractivity contribution in [3.8, 4) is 0 Å². The summed E-state index contributed by atoms with van der Waals surface area (Å²) < 4.78 is 27.5. The molecule has 0 aliphatic rings. The largest absolute Gasteiger partial charge is 0.467 e. The molecule has 0 aliphatic heterocycles. The van der Waals surface area contributed by atoms with Gasteiger partial charge in [0.25, 0.3) is 0 Å². The van der Waals surface area contributed by atoms with Gasteiger partial charge in [-0.3, -0.25) is 4.99 Å². The van der Waals surface area contributed by atoms with Crippen LogP contribution < -0.4 is 10.6 Å². The third kappa shape index (κ3) is 7.46. The maximum Gasteiger partial charge on any atom is 0.191 e. The van der Waals surface area contributed by atoms with Gasteiger partial charge in [0.05, 0.1) is 18.6 Å². The second-order valence-corrected chi connectivity index (χ2v) is 7.47. The maximum atomic E-state index is 11.2. The molecular formula is C14H25N3O4S. The molecule has 0 fully saturated rings. The Bertz CT molecular complexity index is 555. The monoisotopic (exact) mass is 331 g/mol. The molecule has 2 unspecified atom stereocenters. The molecule has 1 aromatic rings. The number of guanidine groups is 1. The van der Waals surface area contributed by atoms with Crippen LogP contribution in [0.5, 0.6) is 0 Å². The van der Waals surface area contributed by atoms with Crippen LogP contribution in [0.2, 0.25) is 0 Å². The van der Waals surface area contributed by atoms with E-state index in [2.05, 4.69) is 15.6 Å². The summed E-state index contributed by atoms with van der Waals surface area (Å²) in [5.41, 5.74) is 0. The highest BCUT2D eigenvalue weighted by atomic mass is 32.2. The molecule has 1 rings (SSSR count). The van der Waals surface area contributed by atoms with Crippen LogP contribution in [0.1, 0.15) is 32.1 Å². The van der Waals surface area contributed by atoms with Crippen LogP contribution in [0.4, 0.5) is 0 Å².